The predicted octanol–water partition coefficient (Wildman–Crippen LogP) is 1.84. The fraction of sp³-hybridized carbons (Fsp3) is 0.550. The number of hydrogen-bond acceptors (Lipinski definition) is 6. The summed E-state index contributed by atoms with van der Waals surface area (Å²) < 4.78 is 5.78. The van der Waals surface area contributed by atoms with Crippen LogP contribution in [0.15, 0.2) is 22.7 Å². The number of amides is 2. The highest BCUT2D eigenvalue weighted by Crippen LogP contribution is 2.27. The van der Waals surface area contributed by atoms with E-state index in [1.165, 1.54) is 6.42 Å². The largest absolute Gasteiger partial charge is 0.451 e. The number of fused-ring (bicyclic) bond motifs is 3. The summed E-state index contributed by atoms with van der Waals surface area (Å²) >= 11 is 1.86. The summed E-state index contributed by atoms with van der Waals surface area (Å²) in [5.74, 6) is 2.66. The maximum Gasteiger partial charge on any atom is 0.289 e. The molecule has 0 aromatic carbocycles. The first-order valence-electron chi connectivity index (χ1n) is 9.95. The molecular formula is C20H24N4O3S. The molecule has 3 aliphatic rings. The van der Waals surface area contributed by atoms with Crippen LogP contribution in [0.2, 0.25) is 0 Å². The minimum atomic E-state index is -0.174. The molecule has 3 saturated heterocycles. The van der Waals surface area contributed by atoms with Crippen molar-refractivity contribution in [1.82, 2.24) is 20.1 Å². The summed E-state index contributed by atoms with van der Waals surface area (Å²) in [6.07, 6.45) is 3.89. The Labute approximate surface area is 167 Å². The third-order valence-electron chi connectivity index (χ3n) is 5.94. The Balaban J connectivity index is 1.30. The Bertz CT molecular complexity index is 896. The molecule has 1 N–H and O–H groups in total. The van der Waals surface area contributed by atoms with Gasteiger partial charge in [-0.25, -0.2) is 0 Å². The number of nitrogens with one attached hydrogen (secondary N) is 1. The highest BCUT2D eigenvalue weighted by molar-refractivity contribution is 7.99. The molecule has 7 nitrogen and oxygen atoms in total. The van der Waals surface area contributed by atoms with E-state index < -0.39 is 0 Å². The zero-order valence-electron chi connectivity index (χ0n) is 15.7. The van der Waals surface area contributed by atoms with Gasteiger partial charge < -0.3 is 19.5 Å². The summed E-state index contributed by atoms with van der Waals surface area (Å²) in [5, 5.41) is 3.86. The van der Waals surface area contributed by atoms with Gasteiger partial charge in [-0.1, -0.05) is 0 Å². The predicted molar refractivity (Wildman–Crippen MR) is 108 cm³/mol. The van der Waals surface area contributed by atoms with E-state index in [9.17, 15) is 9.59 Å². The molecule has 2 bridgehead atoms. The average molecular weight is 401 g/mol. The second kappa shape index (κ2) is 7.40. The second-order valence-electron chi connectivity index (χ2n) is 7.94. The van der Waals surface area contributed by atoms with Crippen LogP contribution in [0.5, 0.6) is 0 Å². The van der Waals surface area contributed by atoms with E-state index >= 15 is 0 Å². The maximum atomic E-state index is 12.7. The topological polar surface area (TPSA) is 78.7 Å². The van der Waals surface area contributed by atoms with Crippen molar-refractivity contribution in [3.63, 3.8) is 0 Å². The fourth-order valence-corrected chi connectivity index (χ4v) is 5.41. The Morgan fingerprint density at radius 2 is 2.04 bits per heavy atom. The van der Waals surface area contributed by atoms with Crippen LogP contribution < -0.4 is 5.32 Å². The molecule has 2 amide bonds. The summed E-state index contributed by atoms with van der Waals surface area (Å²) in [5.41, 5.74) is 0.866. The van der Waals surface area contributed by atoms with Gasteiger partial charge in [0.2, 0.25) is 0 Å². The lowest BCUT2D eigenvalue weighted by Gasteiger charge is -2.30. The van der Waals surface area contributed by atoms with E-state index in [1.54, 1.807) is 18.3 Å². The highest BCUT2D eigenvalue weighted by atomic mass is 32.2. The molecular weight excluding hydrogens is 376 g/mol. The van der Waals surface area contributed by atoms with Crippen LogP contribution in [0.25, 0.3) is 11.0 Å². The zero-order valence-corrected chi connectivity index (χ0v) is 16.5. The molecule has 0 saturated carbocycles. The molecule has 0 spiro atoms. The van der Waals surface area contributed by atoms with Crippen LogP contribution in [0.4, 0.5) is 0 Å². The van der Waals surface area contributed by atoms with Crippen molar-refractivity contribution in [2.45, 2.75) is 18.9 Å². The molecule has 0 aliphatic carbocycles. The van der Waals surface area contributed by atoms with Crippen molar-refractivity contribution < 1.29 is 14.0 Å². The lowest BCUT2D eigenvalue weighted by molar-refractivity contribution is 0.0742. The van der Waals surface area contributed by atoms with E-state index in [4.69, 9.17) is 4.42 Å². The fourth-order valence-electron chi connectivity index (χ4n) is 4.51. The third kappa shape index (κ3) is 3.51. The third-order valence-corrected chi connectivity index (χ3v) is 6.89. The molecule has 5 heterocycles. The van der Waals surface area contributed by atoms with Crippen LogP contribution in [-0.2, 0) is 0 Å². The van der Waals surface area contributed by atoms with Crippen LogP contribution >= 0.6 is 11.8 Å². The second-order valence-corrected chi connectivity index (χ2v) is 9.17. The highest BCUT2D eigenvalue weighted by Gasteiger charge is 2.33. The minimum absolute atomic E-state index is 0.0887. The van der Waals surface area contributed by atoms with Crippen molar-refractivity contribution in [1.29, 1.82) is 0 Å². The molecule has 0 radical (unpaired) electrons. The summed E-state index contributed by atoms with van der Waals surface area (Å²) in [6, 6.07) is 3.54. The average Bonchev–Trinajstić information content (AvgIpc) is 3.30. The number of nitrogens with zero attached hydrogens (tertiary/aromatic N) is 3. The SMILES string of the molecule is O=C(N[C@@H]1C[C@H]2CCN(C2)C1)c1cc2oc(C(=O)N3CCSCC3)cc2cn1. The van der Waals surface area contributed by atoms with Gasteiger partial charge >= 0.3 is 0 Å². The monoisotopic (exact) mass is 400 g/mol. The van der Waals surface area contributed by atoms with Gasteiger partial charge in [0.1, 0.15) is 11.3 Å². The number of carbonyl (C=O) groups excluding carboxylic acids is 2. The number of carbonyl (C=O) groups is 2. The van der Waals surface area contributed by atoms with Gasteiger partial charge in [-0.3, -0.25) is 14.6 Å². The Morgan fingerprint density at radius 1 is 1.18 bits per heavy atom. The Kier molecular flexibility index (Phi) is 4.76. The van der Waals surface area contributed by atoms with Gasteiger partial charge in [0.25, 0.3) is 11.8 Å². The summed E-state index contributed by atoms with van der Waals surface area (Å²) in [4.78, 5) is 33.8. The van der Waals surface area contributed by atoms with E-state index in [1.807, 2.05) is 16.7 Å². The first-order chi connectivity index (χ1) is 13.7. The van der Waals surface area contributed by atoms with Crippen LogP contribution in [0, 0.1) is 5.92 Å². The van der Waals surface area contributed by atoms with E-state index in [2.05, 4.69) is 15.2 Å². The van der Waals surface area contributed by atoms with Gasteiger partial charge in [-0.2, -0.15) is 11.8 Å². The normalized spacial score (nSPS) is 27.1. The van der Waals surface area contributed by atoms with Crippen molar-refractivity contribution in [2.24, 2.45) is 5.92 Å². The Hall–Kier alpha value is -2.06. The lowest BCUT2D eigenvalue weighted by Crippen LogP contribution is -2.47. The molecule has 148 valence electrons. The number of furan rings is 1. The van der Waals surface area contributed by atoms with Gasteiger partial charge in [-0.15, -0.1) is 0 Å². The summed E-state index contributed by atoms with van der Waals surface area (Å²) in [7, 11) is 0. The number of rotatable bonds is 3. The molecule has 8 heteroatoms. The van der Waals surface area contributed by atoms with Crippen molar-refractivity contribution in [2.75, 3.05) is 44.2 Å². The standard InChI is InChI=1S/C20H24N4O3S/c25-19(22-15-7-13-1-2-23(11-13)12-15)16-9-17-14(10-21-16)8-18(27-17)20(26)24-3-5-28-6-4-24/h8-10,13,15H,1-7,11-12H2,(H,22,25)/t13-,15-/m1/s1. The number of thioether (sulfide) groups is 1. The molecule has 3 atom stereocenters. The maximum absolute atomic E-state index is 12.7. The van der Waals surface area contributed by atoms with Gasteiger partial charge in [0, 0.05) is 61.4 Å². The molecule has 2 aromatic rings. The van der Waals surface area contributed by atoms with Crippen molar-refractivity contribution >= 4 is 34.5 Å². The van der Waals surface area contributed by atoms with Crippen LogP contribution in [-0.4, -0.2) is 76.9 Å². The number of hydrogen-bond donors (Lipinski definition) is 1. The molecule has 3 fully saturated rings. The number of piperidine rings is 1. The van der Waals surface area contributed by atoms with E-state index in [-0.39, 0.29) is 17.9 Å². The van der Waals surface area contributed by atoms with Crippen molar-refractivity contribution in [3.05, 3.63) is 29.8 Å². The number of aromatic nitrogens is 1. The molecule has 3 aliphatic heterocycles. The van der Waals surface area contributed by atoms with Crippen LogP contribution in [0.3, 0.4) is 0 Å². The summed E-state index contributed by atoms with van der Waals surface area (Å²) in [6.45, 7) is 4.70. The van der Waals surface area contributed by atoms with E-state index in [0.29, 0.717) is 23.0 Å². The van der Waals surface area contributed by atoms with Gasteiger partial charge in [0.05, 0.1) is 0 Å². The molecule has 2 aromatic heterocycles. The minimum Gasteiger partial charge on any atom is -0.451 e. The first kappa shape index (κ1) is 18.0. The number of pyridine rings is 1. The quantitative estimate of drug-likeness (QED) is 0.847. The molecule has 28 heavy (non-hydrogen) atoms. The van der Waals surface area contributed by atoms with E-state index in [0.717, 1.165) is 56.0 Å². The smallest absolute Gasteiger partial charge is 0.289 e. The van der Waals surface area contributed by atoms with Gasteiger partial charge in [-0.05, 0) is 31.4 Å². The van der Waals surface area contributed by atoms with Crippen LogP contribution in [0.1, 0.15) is 33.9 Å². The molecule has 5 rings (SSSR count). The zero-order chi connectivity index (χ0) is 19.1. The first-order valence-corrected chi connectivity index (χ1v) is 11.1. The molecule has 1 unspecified atom stereocenters. The Morgan fingerprint density at radius 3 is 2.86 bits per heavy atom. The lowest BCUT2D eigenvalue weighted by atomic mass is 9.97. The van der Waals surface area contributed by atoms with Gasteiger partial charge in [0.15, 0.2) is 5.76 Å². The van der Waals surface area contributed by atoms with Crippen molar-refractivity contribution in [3.8, 4) is 0 Å².